The van der Waals surface area contributed by atoms with Crippen molar-refractivity contribution < 1.29 is 13.2 Å². The highest BCUT2D eigenvalue weighted by molar-refractivity contribution is 7.89. The number of nitrogens with one attached hydrogen (secondary N) is 2. The van der Waals surface area contributed by atoms with Crippen molar-refractivity contribution in [3.8, 4) is 0 Å². The van der Waals surface area contributed by atoms with Gasteiger partial charge in [-0.15, -0.1) is 0 Å². The van der Waals surface area contributed by atoms with E-state index in [9.17, 15) is 13.2 Å². The number of rotatable bonds is 7. The summed E-state index contributed by atoms with van der Waals surface area (Å²) >= 11 is 0. The second-order valence-corrected chi connectivity index (χ2v) is 10.4. The largest absolute Gasteiger partial charge is 0.398 e. The SMILES string of the molecule is CCCCC(=O)NC1c2cccc(N)c2CC[C@@H]1NS(=O)(=O)c1ccc(C)c2ccccc12. The van der Waals surface area contributed by atoms with Crippen molar-refractivity contribution in [1.29, 1.82) is 0 Å². The molecule has 0 radical (unpaired) electrons. The second kappa shape index (κ2) is 9.53. The Balaban J connectivity index is 1.70. The Hall–Kier alpha value is -2.90. The molecular weight excluding hydrogens is 434 g/mol. The summed E-state index contributed by atoms with van der Waals surface area (Å²) in [7, 11) is -3.83. The number of anilines is 1. The van der Waals surface area contributed by atoms with Gasteiger partial charge < -0.3 is 11.1 Å². The van der Waals surface area contributed by atoms with Gasteiger partial charge in [-0.25, -0.2) is 13.1 Å². The molecule has 0 bridgehead atoms. The van der Waals surface area contributed by atoms with E-state index < -0.39 is 22.1 Å². The van der Waals surface area contributed by atoms with Crippen molar-refractivity contribution in [2.24, 2.45) is 0 Å². The third-order valence-corrected chi connectivity index (χ3v) is 8.01. The first-order chi connectivity index (χ1) is 15.8. The van der Waals surface area contributed by atoms with Gasteiger partial charge in [-0.2, -0.15) is 0 Å². The van der Waals surface area contributed by atoms with Gasteiger partial charge in [0.2, 0.25) is 15.9 Å². The van der Waals surface area contributed by atoms with Crippen LogP contribution in [0.2, 0.25) is 0 Å². The highest BCUT2D eigenvalue weighted by Crippen LogP contribution is 2.35. The predicted octanol–water partition coefficient (Wildman–Crippen LogP) is 4.37. The van der Waals surface area contributed by atoms with Crippen molar-refractivity contribution >= 4 is 32.4 Å². The molecule has 0 spiro atoms. The third kappa shape index (κ3) is 4.75. The van der Waals surface area contributed by atoms with E-state index in [-0.39, 0.29) is 10.8 Å². The van der Waals surface area contributed by atoms with Gasteiger partial charge in [-0.1, -0.05) is 55.8 Å². The maximum absolute atomic E-state index is 13.6. The second-order valence-electron chi connectivity index (χ2n) is 8.76. The predicted molar refractivity (Wildman–Crippen MR) is 132 cm³/mol. The maximum Gasteiger partial charge on any atom is 0.241 e. The summed E-state index contributed by atoms with van der Waals surface area (Å²) in [6.45, 7) is 4.00. The third-order valence-electron chi connectivity index (χ3n) is 6.46. The number of carbonyl (C=O) groups is 1. The molecule has 1 aliphatic carbocycles. The Bertz CT molecular complexity index is 1290. The Kier molecular flexibility index (Phi) is 6.72. The van der Waals surface area contributed by atoms with E-state index >= 15 is 0 Å². The molecule has 1 aliphatic rings. The zero-order valence-corrected chi connectivity index (χ0v) is 19.9. The van der Waals surface area contributed by atoms with Crippen LogP contribution in [-0.4, -0.2) is 20.4 Å². The van der Waals surface area contributed by atoms with E-state index in [1.807, 2.05) is 62.4 Å². The lowest BCUT2D eigenvalue weighted by atomic mass is 9.83. The zero-order valence-electron chi connectivity index (χ0n) is 19.1. The van der Waals surface area contributed by atoms with Crippen molar-refractivity contribution in [3.63, 3.8) is 0 Å². The minimum Gasteiger partial charge on any atom is -0.398 e. The van der Waals surface area contributed by atoms with Crippen molar-refractivity contribution in [3.05, 3.63) is 71.3 Å². The minimum absolute atomic E-state index is 0.0814. The number of unbranched alkanes of at least 4 members (excludes halogenated alkanes) is 1. The Morgan fingerprint density at radius 3 is 2.58 bits per heavy atom. The van der Waals surface area contributed by atoms with Crippen LogP contribution in [0.25, 0.3) is 10.8 Å². The van der Waals surface area contributed by atoms with Gasteiger partial charge in [-0.3, -0.25) is 4.79 Å². The standard InChI is InChI=1S/C26H31N3O3S/c1-3-4-12-25(30)28-26-21-10-7-11-22(27)19(21)14-15-23(26)29-33(31,32)24-16-13-17(2)18-8-5-6-9-20(18)24/h5-11,13,16,23,26,29H,3-4,12,14-15,27H2,1-2H3,(H,28,30)/t23-,26?/m0/s1. The lowest BCUT2D eigenvalue weighted by Crippen LogP contribution is -2.48. The topological polar surface area (TPSA) is 101 Å². The lowest BCUT2D eigenvalue weighted by molar-refractivity contribution is -0.122. The smallest absolute Gasteiger partial charge is 0.241 e. The molecular formula is C26H31N3O3S. The Morgan fingerprint density at radius 2 is 1.82 bits per heavy atom. The van der Waals surface area contributed by atoms with E-state index in [1.165, 1.54) is 0 Å². The van der Waals surface area contributed by atoms with Gasteiger partial charge in [-0.05, 0) is 60.4 Å². The average Bonchev–Trinajstić information content (AvgIpc) is 2.79. The van der Waals surface area contributed by atoms with E-state index in [2.05, 4.69) is 10.0 Å². The maximum atomic E-state index is 13.6. The molecule has 0 aromatic heterocycles. The number of nitrogens with two attached hydrogens (primary N) is 1. The first-order valence-electron chi connectivity index (χ1n) is 11.5. The Labute approximate surface area is 195 Å². The molecule has 33 heavy (non-hydrogen) atoms. The summed E-state index contributed by atoms with van der Waals surface area (Å²) in [4.78, 5) is 12.9. The summed E-state index contributed by atoms with van der Waals surface area (Å²) in [5.74, 6) is -0.0814. The number of hydrogen-bond donors (Lipinski definition) is 3. The van der Waals surface area contributed by atoms with Gasteiger partial charge in [0, 0.05) is 23.5 Å². The first-order valence-corrected chi connectivity index (χ1v) is 13.0. The molecule has 6 nitrogen and oxygen atoms in total. The number of amides is 1. The summed E-state index contributed by atoms with van der Waals surface area (Å²) in [5, 5.41) is 4.68. The van der Waals surface area contributed by atoms with Crippen molar-refractivity contribution in [1.82, 2.24) is 10.0 Å². The van der Waals surface area contributed by atoms with E-state index in [1.54, 1.807) is 6.07 Å². The van der Waals surface area contributed by atoms with Crippen LogP contribution in [0.3, 0.4) is 0 Å². The number of benzene rings is 3. The molecule has 0 saturated carbocycles. The van der Waals surface area contributed by atoms with Crippen molar-refractivity contribution in [2.45, 2.75) is 62.9 Å². The van der Waals surface area contributed by atoms with E-state index in [0.29, 0.717) is 30.3 Å². The van der Waals surface area contributed by atoms with Crippen LogP contribution in [0.4, 0.5) is 5.69 Å². The van der Waals surface area contributed by atoms with Crippen LogP contribution >= 0.6 is 0 Å². The molecule has 1 unspecified atom stereocenters. The molecule has 2 atom stereocenters. The molecule has 3 aromatic rings. The average molecular weight is 466 g/mol. The highest BCUT2D eigenvalue weighted by atomic mass is 32.2. The summed E-state index contributed by atoms with van der Waals surface area (Å²) < 4.78 is 30.0. The number of fused-ring (bicyclic) bond motifs is 2. The van der Waals surface area contributed by atoms with Gasteiger partial charge in [0.25, 0.3) is 0 Å². The summed E-state index contributed by atoms with van der Waals surface area (Å²) in [6.07, 6.45) is 3.30. The van der Waals surface area contributed by atoms with Crippen LogP contribution in [0.1, 0.15) is 55.3 Å². The number of nitrogen functional groups attached to an aromatic ring is 1. The van der Waals surface area contributed by atoms with Crippen LogP contribution in [0, 0.1) is 6.92 Å². The molecule has 0 fully saturated rings. The molecule has 174 valence electrons. The number of aryl methyl sites for hydroxylation is 1. The summed E-state index contributed by atoms with van der Waals surface area (Å²) in [5.41, 5.74) is 9.76. The molecule has 0 heterocycles. The van der Waals surface area contributed by atoms with Crippen LogP contribution in [0.15, 0.2) is 59.5 Å². The molecule has 7 heteroatoms. The van der Waals surface area contributed by atoms with Crippen LogP contribution in [0.5, 0.6) is 0 Å². The van der Waals surface area contributed by atoms with Gasteiger partial charge >= 0.3 is 0 Å². The summed E-state index contributed by atoms with van der Waals surface area (Å²) in [6, 6.07) is 15.7. The fourth-order valence-corrected chi connectivity index (χ4v) is 6.19. The molecule has 3 aromatic carbocycles. The molecule has 4 N–H and O–H groups in total. The Morgan fingerprint density at radius 1 is 1.06 bits per heavy atom. The fourth-order valence-electron chi connectivity index (χ4n) is 4.69. The fraction of sp³-hybridized carbons (Fsp3) is 0.346. The molecule has 0 aliphatic heterocycles. The highest BCUT2D eigenvalue weighted by Gasteiger charge is 2.35. The van der Waals surface area contributed by atoms with E-state index in [0.717, 1.165) is 34.9 Å². The number of sulfonamides is 1. The normalized spacial score (nSPS) is 18.1. The van der Waals surface area contributed by atoms with Gasteiger partial charge in [0.05, 0.1) is 10.9 Å². The number of carbonyl (C=O) groups excluding carboxylic acids is 1. The van der Waals surface area contributed by atoms with E-state index in [4.69, 9.17) is 5.73 Å². The van der Waals surface area contributed by atoms with Crippen LogP contribution in [-0.2, 0) is 21.2 Å². The van der Waals surface area contributed by atoms with Crippen molar-refractivity contribution in [2.75, 3.05) is 5.73 Å². The quantitative estimate of drug-likeness (QED) is 0.451. The zero-order chi connectivity index (χ0) is 23.6. The first kappa shape index (κ1) is 23.3. The molecule has 4 rings (SSSR count). The van der Waals surface area contributed by atoms with Gasteiger partial charge in [0.15, 0.2) is 0 Å². The molecule has 1 amide bonds. The minimum atomic E-state index is -3.83. The molecule has 0 saturated heterocycles. The monoisotopic (exact) mass is 465 g/mol. The van der Waals surface area contributed by atoms with Crippen LogP contribution < -0.4 is 15.8 Å². The van der Waals surface area contributed by atoms with Gasteiger partial charge in [0.1, 0.15) is 0 Å². The lowest BCUT2D eigenvalue weighted by Gasteiger charge is -2.35. The number of hydrogen-bond acceptors (Lipinski definition) is 4.